The molecule has 1 N–H and O–H groups in total. The Morgan fingerprint density at radius 3 is 2.51 bits per heavy atom. The molecular formula is C29H33N5O2S. The molecule has 4 aromatic rings. The summed E-state index contributed by atoms with van der Waals surface area (Å²) < 4.78 is 13.9. The van der Waals surface area contributed by atoms with E-state index in [4.69, 9.17) is 4.98 Å². The number of hydrogen-bond donors (Lipinski definition) is 1. The van der Waals surface area contributed by atoms with Crippen molar-refractivity contribution in [1.29, 1.82) is 0 Å². The molecule has 2 aromatic carbocycles. The molecule has 0 saturated heterocycles. The van der Waals surface area contributed by atoms with E-state index < -0.39 is 10.8 Å². The summed E-state index contributed by atoms with van der Waals surface area (Å²) >= 11 is 0. The van der Waals surface area contributed by atoms with E-state index in [0.717, 1.165) is 64.6 Å². The van der Waals surface area contributed by atoms with E-state index in [1.54, 1.807) is 11.2 Å². The van der Waals surface area contributed by atoms with Crippen molar-refractivity contribution in [1.82, 2.24) is 14.3 Å². The van der Waals surface area contributed by atoms with Crippen molar-refractivity contribution < 1.29 is 9.00 Å². The largest absolute Gasteiger partial charge is 0.388 e. The molecule has 3 heterocycles. The molecule has 1 atom stereocenters. The van der Waals surface area contributed by atoms with E-state index in [0.29, 0.717) is 0 Å². The molecule has 0 saturated carbocycles. The molecule has 0 radical (unpaired) electrons. The van der Waals surface area contributed by atoms with Gasteiger partial charge >= 0.3 is 0 Å². The van der Waals surface area contributed by atoms with Gasteiger partial charge in [0.15, 0.2) is 0 Å². The van der Waals surface area contributed by atoms with Gasteiger partial charge in [-0.15, -0.1) is 0 Å². The van der Waals surface area contributed by atoms with Crippen LogP contribution >= 0.6 is 0 Å². The Hall–Kier alpha value is -3.91. The lowest BCUT2D eigenvalue weighted by Crippen LogP contribution is -2.21. The van der Waals surface area contributed by atoms with E-state index in [-0.39, 0.29) is 0 Å². The Labute approximate surface area is 220 Å². The smallest absolute Gasteiger partial charge is 0.213 e. The highest BCUT2D eigenvalue weighted by atomic mass is 32.2. The number of nitrogens with zero attached hydrogens (tertiary/aromatic N) is 4. The maximum Gasteiger partial charge on any atom is 0.213 e. The quantitative estimate of drug-likeness (QED) is 0.361. The Bertz CT molecular complexity index is 1430. The van der Waals surface area contributed by atoms with Crippen LogP contribution in [0.2, 0.25) is 0 Å². The Morgan fingerprint density at radius 2 is 1.84 bits per heavy atom. The van der Waals surface area contributed by atoms with Crippen molar-refractivity contribution in [2.45, 2.75) is 17.7 Å². The van der Waals surface area contributed by atoms with Gasteiger partial charge in [0.25, 0.3) is 0 Å². The normalized spacial score (nSPS) is 13.8. The third-order valence-electron chi connectivity index (χ3n) is 6.27. The first-order valence-corrected chi connectivity index (χ1v) is 13.7. The van der Waals surface area contributed by atoms with Crippen LogP contribution in [0.4, 0.5) is 11.4 Å². The van der Waals surface area contributed by atoms with Crippen molar-refractivity contribution in [3.8, 4) is 11.3 Å². The van der Waals surface area contributed by atoms with E-state index in [1.807, 2.05) is 76.0 Å². The number of rotatable bonds is 6. The van der Waals surface area contributed by atoms with Crippen LogP contribution in [0, 0.1) is 0 Å². The molecular weight excluding hydrogens is 482 g/mol. The molecule has 2 aromatic heterocycles. The van der Waals surface area contributed by atoms with Gasteiger partial charge in [0, 0.05) is 84.5 Å². The SMILES string of the molecule is CNc1ccc(N(C)C)cc1.CS(=O)c1cccc(-c2nc(C3=CN(C=O)CCC3)n3ccccc23)c1. The van der Waals surface area contributed by atoms with Gasteiger partial charge in [-0.2, -0.15) is 0 Å². The van der Waals surface area contributed by atoms with Gasteiger partial charge in [-0.05, 0) is 61.4 Å². The number of aromatic nitrogens is 2. The number of carbonyl (C=O) groups is 1. The highest BCUT2D eigenvalue weighted by molar-refractivity contribution is 7.84. The van der Waals surface area contributed by atoms with Gasteiger partial charge in [0.2, 0.25) is 6.41 Å². The number of allylic oxidation sites excluding steroid dienone is 1. The molecule has 0 fully saturated rings. The summed E-state index contributed by atoms with van der Waals surface area (Å²) in [5.41, 5.74) is 6.21. The highest BCUT2D eigenvalue weighted by Gasteiger charge is 2.19. The number of imidazole rings is 1. The van der Waals surface area contributed by atoms with E-state index in [9.17, 15) is 9.00 Å². The highest BCUT2D eigenvalue weighted by Crippen LogP contribution is 2.31. The number of fused-ring (bicyclic) bond motifs is 1. The minimum atomic E-state index is -1.04. The maximum atomic E-state index is 11.9. The van der Waals surface area contributed by atoms with Crippen LogP contribution in [-0.2, 0) is 15.6 Å². The molecule has 5 rings (SSSR count). The molecule has 1 aliphatic heterocycles. The van der Waals surface area contributed by atoms with E-state index in [1.165, 1.54) is 5.69 Å². The van der Waals surface area contributed by atoms with Crippen LogP contribution in [0.15, 0.2) is 84.0 Å². The number of hydrogen-bond acceptors (Lipinski definition) is 5. The summed E-state index contributed by atoms with van der Waals surface area (Å²) in [7, 11) is 4.95. The zero-order valence-corrected chi connectivity index (χ0v) is 22.5. The number of carbonyl (C=O) groups excluding carboxylic acids is 1. The Kier molecular flexibility index (Phi) is 8.40. The fourth-order valence-electron chi connectivity index (χ4n) is 4.26. The summed E-state index contributed by atoms with van der Waals surface area (Å²) in [6.45, 7) is 0.744. The minimum absolute atomic E-state index is 0.744. The van der Waals surface area contributed by atoms with Gasteiger partial charge in [-0.3, -0.25) is 13.4 Å². The Morgan fingerprint density at radius 1 is 1.05 bits per heavy atom. The van der Waals surface area contributed by atoms with Gasteiger partial charge in [0.05, 0.1) is 11.2 Å². The third-order valence-corrected chi connectivity index (χ3v) is 7.18. The summed E-state index contributed by atoms with van der Waals surface area (Å²) in [6.07, 6.45) is 8.22. The van der Waals surface area contributed by atoms with Crippen LogP contribution in [0.25, 0.3) is 22.3 Å². The number of anilines is 2. The predicted octanol–water partition coefficient (Wildman–Crippen LogP) is 5.13. The monoisotopic (exact) mass is 515 g/mol. The lowest BCUT2D eigenvalue weighted by Gasteiger charge is -2.20. The zero-order valence-electron chi connectivity index (χ0n) is 21.7. The summed E-state index contributed by atoms with van der Waals surface area (Å²) in [5, 5.41) is 3.07. The van der Waals surface area contributed by atoms with Gasteiger partial charge < -0.3 is 15.1 Å². The van der Waals surface area contributed by atoms with Gasteiger partial charge in [0.1, 0.15) is 5.82 Å². The van der Waals surface area contributed by atoms with Crippen LogP contribution in [0.5, 0.6) is 0 Å². The summed E-state index contributed by atoms with van der Waals surface area (Å²) in [4.78, 5) is 20.6. The third kappa shape index (κ3) is 6.09. The van der Waals surface area contributed by atoms with Crippen molar-refractivity contribution in [2.75, 3.05) is 44.2 Å². The second-order valence-corrected chi connectivity index (χ2v) is 10.4. The first-order valence-electron chi connectivity index (χ1n) is 12.2. The molecule has 1 amide bonds. The topological polar surface area (TPSA) is 70.0 Å². The van der Waals surface area contributed by atoms with Crippen LogP contribution in [0.3, 0.4) is 0 Å². The average molecular weight is 516 g/mol. The molecule has 1 aliphatic rings. The molecule has 0 bridgehead atoms. The number of benzene rings is 2. The molecule has 0 aliphatic carbocycles. The van der Waals surface area contributed by atoms with Crippen molar-refractivity contribution in [2.24, 2.45) is 0 Å². The average Bonchev–Trinajstić information content (AvgIpc) is 3.33. The number of amides is 1. The fraction of sp³-hybridized carbons (Fsp3) is 0.241. The van der Waals surface area contributed by atoms with Gasteiger partial charge in [-0.25, -0.2) is 4.98 Å². The molecule has 0 spiro atoms. The zero-order chi connectivity index (χ0) is 26.4. The second-order valence-electron chi connectivity index (χ2n) is 9.01. The van der Waals surface area contributed by atoms with E-state index in [2.05, 4.69) is 38.9 Å². The summed E-state index contributed by atoms with van der Waals surface area (Å²) in [5.74, 6) is 0.852. The summed E-state index contributed by atoms with van der Waals surface area (Å²) in [6, 6.07) is 22.0. The molecule has 1 unspecified atom stereocenters. The minimum Gasteiger partial charge on any atom is -0.388 e. The Balaban J connectivity index is 0.000000245. The molecule has 37 heavy (non-hydrogen) atoms. The molecule has 192 valence electrons. The van der Waals surface area contributed by atoms with Crippen LogP contribution in [-0.4, -0.2) is 58.8 Å². The lowest BCUT2D eigenvalue weighted by atomic mass is 10.1. The molecule has 7 nitrogen and oxygen atoms in total. The number of pyridine rings is 1. The van der Waals surface area contributed by atoms with Crippen molar-refractivity contribution in [3.63, 3.8) is 0 Å². The maximum absolute atomic E-state index is 11.9. The predicted molar refractivity (Wildman–Crippen MR) is 153 cm³/mol. The van der Waals surface area contributed by atoms with Crippen LogP contribution in [0.1, 0.15) is 18.7 Å². The first-order chi connectivity index (χ1) is 17.9. The van der Waals surface area contributed by atoms with Crippen molar-refractivity contribution in [3.05, 3.63) is 85.0 Å². The number of nitrogens with one attached hydrogen (secondary N) is 1. The second kappa shape index (κ2) is 11.9. The van der Waals surface area contributed by atoms with Crippen molar-refractivity contribution >= 4 is 39.7 Å². The molecule has 8 heteroatoms. The fourth-order valence-corrected chi connectivity index (χ4v) is 4.82. The lowest BCUT2D eigenvalue weighted by molar-refractivity contribution is -0.116. The standard InChI is InChI=1S/C20H19N3O2S.C9H14N2/c1-26(25)17-8-4-6-15(12-17)19-18-9-2-3-11-23(18)20(21-19)16-7-5-10-22(13-16)14-24;1-10-8-4-6-9(7-5-8)11(2)3/h2-4,6,8-9,11-14H,5,7,10H2,1H3;4-7,10H,1-3H3. The van der Waals surface area contributed by atoms with Crippen LogP contribution < -0.4 is 10.2 Å². The van der Waals surface area contributed by atoms with E-state index >= 15 is 0 Å². The van der Waals surface area contributed by atoms with Gasteiger partial charge in [-0.1, -0.05) is 18.2 Å². The first kappa shape index (κ1) is 26.2.